The molecule has 2 aromatic carbocycles. The van der Waals surface area contributed by atoms with E-state index in [1.165, 1.54) is 0 Å². The van der Waals surface area contributed by atoms with Crippen LogP contribution in [0.5, 0.6) is 0 Å². The Morgan fingerprint density at radius 3 is 2.29 bits per heavy atom. The van der Waals surface area contributed by atoms with Crippen molar-refractivity contribution in [3.8, 4) is 0 Å². The molecule has 0 N–H and O–H groups in total. The maximum atomic E-state index is 11.6. The molecule has 3 nitrogen and oxygen atoms in total. The van der Waals surface area contributed by atoms with Gasteiger partial charge in [0.2, 0.25) is 0 Å². The topological polar surface area (TPSA) is 35.5 Å². The summed E-state index contributed by atoms with van der Waals surface area (Å²) in [7, 11) is 0. The summed E-state index contributed by atoms with van der Waals surface area (Å²) < 4.78 is 10.5. The van der Waals surface area contributed by atoms with Crippen molar-refractivity contribution in [1.29, 1.82) is 0 Å². The van der Waals surface area contributed by atoms with Crippen molar-refractivity contribution in [1.82, 2.24) is 0 Å². The first-order valence-corrected chi connectivity index (χ1v) is 6.97. The van der Waals surface area contributed by atoms with Crippen molar-refractivity contribution in [3.63, 3.8) is 0 Å². The Kier molecular flexibility index (Phi) is 4.01. The molecule has 106 valence electrons. The van der Waals surface area contributed by atoms with Gasteiger partial charge in [-0.2, -0.15) is 0 Å². The van der Waals surface area contributed by atoms with Crippen LogP contribution in [0.3, 0.4) is 0 Å². The van der Waals surface area contributed by atoms with Gasteiger partial charge in [-0.25, -0.2) is 4.79 Å². The highest BCUT2D eigenvalue weighted by atomic mass is 16.7. The summed E-state index contributed by atoms with van der Waals surface area (Å²) in [5.41, 5.74) is 2.07. The molecule has 0 spiro atoms. The number of carbonyl (C=O) groups excluding carboxylic acids is 1. The van der Waals surface area contributed by atoms with E-state index in [4.69, 9.17) is 9.47 Å². The van der Waals surface area contributed by atoms with E-state index in [0.29, 0.717) is 6.42 Å². The van der Waals surface area contributed by atoms with Crippen molar-refractivity contribution in [2.75, 3.05) is 0 Å². The summed E-state index contributed by atoms with van der Waals surface area (Å²) in [6.45, 7) is 0. The maximum absolute atomic E-state index is 11.6. The molecular formula is C18H16O3. The molecule has 0 amide bonds. The van der Waals surface area contributed by atoms with Crippen LogP contribution in [0.25, 0.3) is 6.08 Å². The normalized spacial score (nSPS) is 21.8. The zero-order valence-electron chi connectivity index (χ0n) is 11.5. The first-order chi connectivity index (χ1) is 10.3. The van der Waals surface area contributed by atoms with Crippen LogP contribution in [0.1, 0.15) is 23.7 Å². The Morgan fingerprint density at radius 1 is 0.905 bits per heavy atom. The van der Waals surface area contributed by atoms with Gasteiger partial charge < -0.3 is 9.47 Å². The Hall–Kier alpha value is -2.55. The Morgan fingerprint density at radius 2 is 1.57 bits per heavy atom. The van der Waals surface area contributed by atoms with Gasteiger partial charge >= 0.3 is 6.16 Å². The van der Waals surface area contributed by atoms with E-state index in [9.17, 15) is 4.79 Å². The van der Waals surface area contributed by atoms with Gasteiger partial charge in [0.15, 0.2) is 0 Å². The molecule has 1 aliphatic heterocycles. The van der Waals surface area contributed by atoms with Crippen LogP contribution in [0.4, 0.5) is 4.79 Å². The molecular weight excluding hydrogens is 264 g/mol. The molecule has 0 saturated carbocycles. The van der Waals surface area contributed by atoms with Gasteiger partial charge in [-0.05, 0) is 17.2 Å². The number of hydrogen-bond donors (Lipinski definition) is 0. The monoisotopic (exact) mass is 280 g/mol. The first kappa shape index (κ1) is 13.4. The minimum absolute atomic E-state index is 0.252. The summed E-state index contributed by atoms with van der Waals surface area (Å²) in [5.74, 6) is 0. The SMILES string of the molecule is O=C1OC(/C=C/c2ccccc2)C[C@@H](c2ccccc2)O1. The van der Waals surface area contributed by atoms with Gasteiger partial charge in [-0.3, -0.25) is 0 Å². The number of benzene rings is 2. The van der Waals surface area contributed by atoms with E-state index in [0.717, 1.165) is 11.1 Å². The van der Waals surface area contributed by atoms with E-state index < -0.39 is 6.16 Å². The Balaban J connectivity index is 1.72. The Labute approximate surface area is 123 Å². The molecule has 2 aromatic rings. The lowest BCUT2D eigenvalue weighted by atomic mass is 10.0. The zero-order chi connectivity index (χ0) is 14.5. The van der Waals surface area contributed by atoms with Crippen molar-refractivity contribution < 1.29 is 14.3 Å². The largest absolute Gasteiger partial charge is 0.509 e. The molecule has 3 rings (SSSR count). The van der Waals surface area contributed by atoms with E-state index in [2.05, 4.69) is 0 Å². The van der Waals surface area contributed by atoms with Gasteiger partial charge in [0.25, 0.3) is 0 Å². The molecule has 1 fully saturated rings. The molecule has 1 aliphatic rings. The number of cyclic esters (lactones) is 2. The van der Waals surface area contributed by atoms with Crippen LogP contribution in [-0.4, -0.2) is 12.3 Å². The fraction of sp³-hybridized carbons (Fsp3) is 0.167. The molecule has 0 radical (unpaired) electrons. The lowest BCUT2D eigenvalue weighted by Gasteiger charge is -2.27. The third-order valence-electron chi connectivity index (χ3n) is 3.41. The van der Waals surface area contributed by atoms with E-state index in [-0.39, 0.29) is 12.2 Å². The number of hydrogen-bond acceptors (Lipinski definition) is 3. The van der Waals surface area contributed by atoms with Crippen LogP contribution >= 0.6 is 0 Å². The highest BCUT2D eigenvalue weighted by Gasteiger charge is 2.29. The summed E-state index contributed by atoms with van der Waals surface area (Å²) >= 11 is 0. The summed E-state index contributed by atoms with van der Waals surface area (Å²) in [5, 5.41) is 0. The standard InChI is InChI=1S/C18H16O3/c19-18-20-16(12-11-14-7-3-1-4-8-14)13-17(21-18)15-9-5-2-6-10-15/h1-12,16-17H,13H2/b12-11+/t16?,17-/m0/s1. The second kappa shape index (κ2) is 6.27. The van der Waals surface area contributed by atoms with Gasteiger partial charge in [0, 0.05) is 6.42 Å². The quantitative estimate of drug-likeness (QED) is 0.783. The summed E-state index contributed by atoms with van der Waals surface area (Å²) in [6, 6.07) is 19.7. The number of rotatable bonds is 3. The molecule has 21 heavy (non-hydrogen) atoms. The minimum Gasteiger partial charge on any atom is -0.427 e. The lowest BCUT2D eigenvalue weighted by Crippen LogP contribution is -2.28. The highest BCUT2D eigenvalue weighted by molar-refractivity contribution is 5.62. The molecule has 0 bridgehead atoms. The van der Waals surface area contributed by atoms with E-state index >= 15 is 0 Å². The Bertz CT molecular complexity index is 619. The van der Waals surface area contributed by atoms with Gasteiger partial charge in [0.05, 0.1) is 0 Å². The molecule has 0 aliphatic carbocycles. The predicted octanol–water partition coefficient (Wildman–Crippen LogP) is 4.37. The second-order valence-electron chi connectivity index (χ2n) is 4.93. The lowest BCUT2D eigenvalue weighted by molar-refractivity contribution is -0.0461. The fourth-order valence-electron chi connectivity index (χ4n) is 2.35. The third-order valence-corrected chi connectivity index (χ3v) is 3.41. The average molecular weight is 280 g/mol. The van der Waals surface area contributed by atoms with Gasteiger partial charge in [-0.1, -0.05) is 66.7 Å². The predicted molar refractivity (Wildman–Crippen MR) is 80.6 cm³/mol. The highest BCUT2D eigenvalue weighted by Crippen LogP contribution is 2.29. The van der Waals surface area contributed by atoms with E-state index in [1.807, 2.05) is 72.8 Å². The fourth-order valence-corrected chi connectivity index (χ4v) is 2.35. The molecule has 0 aromatic heterocycles. The van der Waals surface area contributed by atoms with E-state index in [1.54, 1.807) is 0 Å². The molecule has 3 heteroatoms. The van der Waals surface area contributed by atoms with Crippen LogP contribution in [0, 0.1) is 0 Å². The van der Waals surface area contributed by atoms with Crippen LogP contribution in [-0.2, 0) is 9.47 Å². The molecule has 2 atom stereocenters. The minimum atomic E-state index is -0.613. The number of carbonyl (C=O) groups is 1. The third kappa shape index (κ3) is 3.51. The van der Waals surface area contributed by atoms with Crippen LogP contribution in [0.2, 0.25) is 0 Å². The van der Waals surface area contributed by atoms with Crippen molar-refractivity contribution in [2.24, 2.45) is 0 Å². The smallest absolute Gasteiger partial charge is 0.427 e. The van der Waals surface area contributed by atoms with Crippen molar-refractivity contribution in [3.05, 3.63) is 77.9 Å². The van der Waals surface area contributed by atoms with Crippen molar-refractivity contribution in [2.45, 2.75) is 18.6 Å². The first-order valence-electron chi connectivity index (χ1n) is 6.97. The van der Waals surface area contributed by atoms with Gasteiger partial charge in [0.1, 0.15) is 12.2 Å². The summed E-state index contributed by atoms with van der Waals surface area (Å²) in [6.07, 6.45) is 3.36. The zero-order valence-corrected chi connectivity index (χ0v) is 11.5. The summed E-state index contributed by atoms with van der Waals surface area (Å²) in [4.78, 5) is 11.6. The molecule has 1 heterocycles. The molecule has 1 unspecified atom stereocenters. The van der Waals surface area contributed by atoms with Gasteiger partial charge in [-0.15, -0.1) is 0 Å². The van der Waals surface area contributed by atoms with Crippen molar-refractivity contribution >= 4 is 12.2 Å². The molecule has 1 saturated heterocycles. The average Bonchev–Trinajstić information content (AvgIpc) is 2.54. The van der Waals surface area contributed by atoms with Crippen LogP contribution in [0.15, 0.2) is 66.7 Å². The number of ether oxygens (including phenoxy) is 2. The second-order valence-corrected chi connectivity index (χ2v) is 4.93. The maximum Gasteiger partial charge on any atom is 0.509 e. The van der Waals surface area contributed by atoms with Crippen LogP contribution < -0.4 is 0 Å².